The van der Waals surface area contributed by atoms with Crippen molar-refractivity contribution in [1.29, 1.82) is 0 Å². The Morgan fingerprint density at radius 1 is 1.45 bits per heavy atom. The maximum atomic E-state index is 11.3. The van der Waals surface area contributed by atoms with Crippen molar-refractivity contribution in [2.75, 3.05) is 7.05 Å². The van der Waals surface area contributed by atoms with Crippen molar-refractivity contribution in [3.8, 4) is 0 Å². The molecular formula is C9H13NO. The number of hydrogen-bond acceptors (Lipinski definition) is 1. The van der Waals surface area contributed by atoms with Crippen LogP contribution in [0.2, 0.25) is 0 Å². The second-order valence-electron chi connectivity index (χ2n) is 3.50. The summed E-state index contributed by atoms with van der Waals surface area (Å²) in [6.07, 6.45) is 6.73. The molecule has 2 aliphatic rings. The van der Waals surface area contributed by atoms with Gasteiger partial charge in [0.2, 0.25) is 5.91 Å². The molecule has 0 saturated heterocycles. The van der Waals surface area contributed by atoms with Crippen molar-refractivity contribution in [2.24, 2.45) is 17.8 Å². The Bertz CT molecular complexity index is 210. The molecule has 0 aliphatic heterocycles. The summed E-state index contributed by atoms with van der Waals surface area (Å²) in [5, 5.41) is 2.72. The molecule has 0 spiro atoms. The molecule has 0 heterocycles. The first-order valence-electron chi connectivity index (χ1n) is 4.21. The van der Waals surface area contributed by atoms with Gasteiger partial charge in [0.15, 0.2) is 0 Å². The normalized spacial score (nSPS) is 39.5. The predicted molar refractivity (Wildman–Crippen MR) is 42.9 cm³/mol. The van der Waals surface area contributed by atoms with E-state index in [1.165, 1.54) is 6.42 Å². The number of carbonyl (C=O) groups excluding carboxylic acids is 1. The molecule has 2 heteroatoms. The minimum atomic E-state index is 0.224. The van der Waals surface area contributed by atoms with Crippen LogP contribution >= 0.6 is 0 Å². The summed E-state index contributed by atoms with van der Waals surface area (Å²) in [7, 11) is 1.72. The molecule has 60 valence electrons. The topological polar surface area (TPSA) is 29.1 Å². The van der Waals surface area contributed by atoms with Gasteiger partial charge in [-0.1, -0.05) is 12.2 Å². The van der Waals surface area contributed by atoms with E-state index in [2.05, 4.69) is 17.5 Å². The van der Waals surface area contributed by atoms with Gasteiger partial charge in [-0.05, 0) is 24.7 Å². The molecule has 0 aromatic carbocycles. The van der Waals surface area contributed by atoms with Gasteiger partial charge in [0.25, 0.3) is 0 Å². The lowest BCUT2D eigenvalue weighted by Gasteiger charge is -2.15. The summed E-state index contributed by atoms with van der Waals surface area (Å²) in [6, 6.07) is 0. The van der Waals surface area contributed by atoms with Gasteiger partial charge in [0.1, 0.15) is 0 Å². The predicted octanol–water partition coefficient (Wildman–Crippen LogP) is 0.945. The summed E-state index contributed by atoms with van der Waals surface area (Å²) in [5.41, 5.74) is 0. The third kappa shape index (κ3) is 0.971. The molecule has 11 heavy (non-hydrogen) atoms. The van der Waals surface area contributed by atoms with Crippen LogP contribution < -0.4 is 5.32 Å². The molecule has 0 aromatic heterocycles. The number of amides is 1. The van der Waals surface area contributed by atoms with Crippen molar-refractivity contribution in [3.63, 3.8) is 0 Å². The molecule has 1 fully saturated rings. The van der Waals surface area contributed by atoms with E-state index >= 15 is 0 Å². The fourth-order valence-corrected chi connectivity index (χ4v) is 2.27. The monoisotopic (exact) mass is 151 g/mol. The van der Waals surface area contributed by atoms with E-state index in [9.17, 15) is 4.79 Å². The molecule has 1 saturated carbocycles. The van der Waals surface area contributed by atoms with E-state index in [0.717, 1.165) is 6.42 Å². The molecule has 0 radical (unpaired) electrons. The maximum Gasteiger partial charge on any atom is 0.223 e. The second-order valence-corrected chi connectivity index (χ2v) is 3.50. The molecule has 2 nitrogen and oxygen atoms in total. The lowest BCUT2D eigenvalue weighted by atomic mass is 9.93. The lowest BCUT2D eigenvalue weighted by molar-refractivity contribution is -0.125. The zero-order valence-corrected chi connectivity index (χ0v) is 6.71. The molecule has 2 aliphatic carbocycles. The Balaban J connectivity index is 2.08. The highest BCUT2D eigenvalue weighted by molar-refractivity contribution is 5.79. The van der Waals surface area contributed by atoms with E-state index in [-0.39, 0.29) is 11.8 Å². The molecule has 1 N–H and O–H groups in total. The van der Waals surface area contributed by atoms with Crippen LogP contribution in [0.25, 0.3) is 0 Å². The molecular weight excluding hydrogens is 138 g/mol. The summed E-state index contributed by atoms with van der Waals surface area (Å²) in [5.74, 6) is 1.74. The van der Waals surface area contributed by atoms with Crippen molar-refractivity contribution in [2.45, 2.75) is 12.8 Å². The van der Waals surface area contributed by atoms with E-state index in [1.54, 1.807) is 7.05 Å². The number of hydrogen-bond donors (Lipinski definition) is 1. The fourth-order valence-electron chi connectivity index (χ4n) is 2.27. The Morgan fingerprint density at radius 3 is 2.73 bits per heavy atom. The first-order chi connectivity index (χ1) is 5.31. The van der Waals surface area contributed by atoms with Gasteiger partial charge >= 0.3 is 0 Å². The summed E-state index contributed by atoms with van der Waals surface area (Å²) >= 11 is 0. The standard InChI is InChI=1S/C9H13NO/c1-10-9(11)8-5-6-2-3-7(8)4-6/h2-3,6-8H,4-5H2,1H3,(H,10,11)/t6-,7-,8-/m0/s1. The lowest BCUT2D eigenvalue weighted by Crippen LogP contribution is -2.29. The molecule has 0 aromatic rings. The minimum absolute atomic E-state index is 0.224. The zero-order valence-electron chi connectivity index (χ0n) is 6.71. The van der Waals surface area contributed by atoms with Crippen LogP contribution in [0.4, 0.5) is 0 Å². The largest absolute Gasteiger partial charge is 0.359 e. The van der Waals surface area contributed by atoms with E-state index in [4.69, 9.17) is 0 Å². The number of rotatable bonds is 1. The van der Waals surface area contributed by atoms with Crippen molar-refractivity contribution < 1.29 is 4.79 Å². The second kappa shape index (κ2) is 2.36. The quantitative estimate of drug-likeness (QED) is 0.555. The summed E-state index contributed by atoms with van der Waals surface area (Å²) in [4.78, 5) is 11.3. The van der Waals surface area contributed by atoms with Gasteiger partial charge in [0.05, 0.1) is 0 Å². The number of carbonyl (C=O) groups is 1. The zero-order chi connectivity index (χ0) is 7.84. The Kier molecular flexibility index (Phi) is 1.48. The average Bonchev–Trinajstić information content (AvgIpc) is 2.62. The van der Waals surface area contributed by atoms with Crippen LogP contribution in [0.3, 0.4) is 0 Å². The molecule has 1 amide bonds. The van der Waals surface area contributed by atoms with Crippen LogP contribution in [0.1, 0.15) is 12.8 Å². The van der Waals surface area contributed by atoms with Crippen LogP contribution in [0, 0.1) is 17.8 Å². The summed E-state index contributed by atoms with van der Waals surface area (Å²) in [6.45, 7) is 0. The first-order valence-corrected chi connectivity index (χ1v) is 4.21. The van der Waals surface area contributed by atoms with Gasteiger partial charge < -0.3 is 5.32 Å². The number of nitrogens with one attached hydrogen (secondary N) is 1. The van der Waals surface area contributed by atoms with Crippen LogP contribution in [0.15, 0.2) is 12.2 Å². The number of fused-ring (bicyclic) bond motifs is 2. The third-order valence-electron chi connectivity index (χ3n) is 2.86. The van der Waals surface area contributed by atoms with Crippen LogP contribution in [-0.4, -0.2) is 13.0 Å². The van der Waals surface area contributed by atoms with E-state index < -0.39 is 0 Å². The van der Waals surface area contributed by atoms with Crippen LogP contribution in [-0.2, 0) is 4.79 Å². The highest BCUT2D eigenvalue weighted by Crippen LogP contribution is 2.43. The minimum Gasteiger partial charge on any atom is -0.359 e. The Morgan fingerprint density at radius 2 is 2.27 bits per heavy atom. The van der Waals surface area contributed by atoms with Crippen molar-refractivity contribution >= 4 is 5.91 Å². The van der Waals surface area contributed by atoms with Crippen molar-refractivity contribution in [3.05, 3.63) is 12.2 Å². The fraction of sp³-hybridized carbons (Fsp3) is 0.667. The van der Waals surface area contributed by atoms with Gasteiger partial charge in [-0.2, -0.15) is 0 Å². The van der Waals surface area contributed by atoms with Crippen LogP contribution in [0.5, 0.6) is 0 Å². The Labute approximate surface area is 66.7 Å². The average molecular weight is 151 g/mol. The highest BCUT2D eigenvalue weighted by atomic mass is 16.1. The smallest absolute Gasteiger partial charge is 0.223 e. The van der Waals surface area contributed by atoms with Gasteiger partial charge in [-0.15, -0.1) is 0 Å². The first kappa shape index (κ1) is 6.89. The van der Waals surface area contributed by atoms with Gasteiger partial charge in [-0.3, -0.25) is 4.79 Å². The molecule has 2 rings (SSSR count). The van der Waals surface area contributed by atoms with E-state index in [1.807, 2.05) is 0 Å². The third-order valence-corrected chi connectivity index (χ3v) is 2.86. The van der Waals surface area contributed by atoms with Gasteiger partial charge in [0, 0.05) is 13.0 Å². The maximum absolute atomic E-state index is 11.3. The molecule has 0 unspecified atom stereocenters. The molecule has 3 atom stereocenters. The Hall–Kier alpha value is -0.790. The van der Waals surface area contributed by atoms with Gasteiger partial charge in [-0.25, -0.2) is 0 Å². The molecule has 2 bridgehead atoms. The summed E-state index contributed by atoms with van der Waals surface area (Å²) < 4.78 is 0. The van der Waals surface area contributed by atoms with E-state index in [0.29, 0.717) is 11.8 Å². The highest BCUT2D eigenvalue weighted by Gasteiger charge is 2.39. The SMILES string of the molecule is CNC(=O)[C@H]1C[C@H]2C=C[C@H]1C2. The van der Waals surface area contributed by atoms with Crippen molar-refractivity contribution in [1.82, 2.24) is 5.32 Å². The number of allylic oxidation sites excluding steroid dienone is 2.